The zero-order valence-electron chi connectivity index (χ0n) is 13.0. The lowest BCUT2D eigenvalue weighted by Gasteiger charge is -2.23. The maximum atomic E-state index is 12.1. The molecule has 0 fully saturated rings. The number of nitrogens with zero attached hydrogens (tertiary/aromatic N) is 1. The van der Waals surface area contributed by atoms with E-state index in [0.29, 0.717) is 12.3 Å². The predicted molar refractivity (Wildman–Crippen MR) is 80.5 cm³/mol. The van der Waals surface area contributed by atoms with E-state index in [1.54, 1.807) is 6.92 Å². The summed E-state index contributed by atoms with van der Waals surface area (Å²) in [5, 5.41) is 8.91. The largest absolute Gasteiger partial charge is 0.484 e. The molecule has 0 saturated carbocycles. The number of hydrogen-bond donors (Lipinski definition) is 1. The minimum Gasteiger partial charge on any atom is -0.484 e. The summed E-state index contributed by atoms with van der Waals surface area (Å²) in [6.45, 7) is 7.91. The normalized spacial score (nSPS) is 11.8. The van der Waals surface area contributed by atoms with Gasteiger partial charge in [0.05, 0.1) is 5.92 Å². The van der Waals surface area contributed by atoms with E-state index in [9.17, 15) is 9.59 Å². The van der Waals surface area contributed by atoms with Crippen LogP contribution >= 0.6 is 0 Å². The molecule has 0 saturated heterocycles. The first kappa shape index (κ1) is 17.0. The van der Waals surface area contributed by atoms with E-state index in [-0.39, 0.29) is 19.1 Å². The van der Waals surface area contributed by atoms with Crippen molar-refractivity contribution in [1.29, 1.82) is 0 Å². The van der Waals surface area contributed by atoms with Crippen molar-refractivity contribution in [3.05, 3.63) is 29.3 Å². The van der Waals surface area contributed by atoms with Crippen LogP contribution in [0.15, 0.2) is 18.2 Å². The molecule has 1 unspecified atom stereocenters. The molecule has 0 bridgehead atoms. The Hall–Kier alpha value is -2.04. The zero-order chi connectivity index (χ0) is 16.0. The van der Waals surface area contributed by atoms with E-state index in [1.807, 2.05) is 39.0 Å². The number of ether oxygens (including phenoxy) is 1. The summed E-state index contributed by atoms with van der Waals surface area (Å²) in [7, 11) is 0. The van der Waals surface area contributed by atoms with Crippen molar-refractivity contribution in [1.82, 2.24) is 4.90 Å². The lowest BCUT2D eigenvalue weighted by Crippen LogP contribution is -2.39. The van der Waals surface area contributed by atoms with E-state index in [0.717, 1.165) is 11.1 Å². The molecule has 0 aliphatic carbocycles. The Labute approximate surface area is 125 Å². The molecule has 1 amide bonds. The minimum atomic E-state index is -0.906. The van der Waals surface area contributed by atoms with Gasteiger partial charge in [-0.3, -0.25) is 9.59 Å². The number of benzene rings is 1. The molecule has 0 aliphatic heterocycles. The summed E-state index contributed by atoms with van der Waals surface area (Å²) in [6, 6.07) is 5.76. The van der Waals surface area contributed by atoms with Crippen LogP contribution < -0.4 is 4.74 Å². The van der Waals surface area contributed by atoms with Crippen LogP contribution in [0.2, 0.25) is 0 Å². The standard InChI is InChI=1S/C16H23NO4/c1-5-17(9-13(4)16(19)20)15(18)10-21-14-7-6-11(2)8-12(14)3/h6-8,13H,5,9-10H2,1-4H3,(H,19,20). The van der Waals surface area contributed by atoms with Crippen LogP contribution in [-0.4, -0.2) is 41.6 Å². The van der Waals surface area contributed by atoms with Crippen LogP contribution in [0.4, 0.5) is 0 Å². The van der Waals surface area contributed by atoms with E-state index in [2.05, 4.69) is 0 Å². The van der Waals surface area contributed by atoms with Crippen LogP contribution in [0.1, 0.15) is 25.0 Å². The van der Waals surface area contributed by atoms with E-state index >= 15 is 0 Å². The number of likely N-dealkylation sites (N-methyl/N-ethyl adjacent to an activating group) is 1. The molecule has 116 valence electrons. The van der Waals surface area contributed by atoms with Gasteiger partial charge in [-0.1, -0.05) is 24.6 Å². The molecular formula is C16H23NO4. The maximum absolute atomic E-state index is 12.1. The first-order valence-corrected chi connectivity index (χ1v) is 7.05. The topological polar surface area (TPSA) is 66.8 Å². The number of carboxylic acid groups (broad SMARTS) is 1. The average molecular weight is 293 g/mol. The first-order valence-electron chi connectivity index (χ1n) is 7.05. The van der Waals surface area contributed by atoms with Gasteiger partial charge in [0.1, 0.15) is 5.75 Å². The third-order valence-electron chi connectivity index (χ3n) is 3.33. The number of carbonyl (C=O) groups is 2. The Morgan fingerprint density at radius 3 is 2.52 bits per heavy atom. The smallest absolute Gasteiger partial charge is 0.308 e. The highest BCUT2D eigenvalue weighted by atomic mass is 16.5. The van der Waals surface area contributed by atoms with Gasteiger partial charge >= 0.3 is 5.97 Å². The average Bonchev–Trinajstić information content (AvgIpc) is 2.43. The number of hydrogen-bond acceptors (Lipinski definition) is 3. The first-order chi connectivity index (χ1) is 9.85. The molecule has 1 aromatic rings. The van der Waals surface area contributed by atoms with Crippen LogP contribution in [-0.2, 0) is 9.59 Å². The molecule has 0 radical (unpaired) electrons. The molecular weight excluding hydrogens is 270 g/mol. The predicted octanol–water partition coefficient (Wildman–Crippen LogP) is 2.25. The maximum Gasteiger partial charge on any atom is 0.308 e. The van der Waals surface area contributed by atoms with Crippen molar-refractivity contribution >= 4 is 11.9 Å². The highest BCUT2D eigenvalue weighted by Gasteiger charge is 2.19. The van der Waals surface area contributed by atoms with Gasteiger partial charge in [-0.25, -0.2) is 0 Å². The molecule has 5 heteroatoms. The van der Waals surface area contributed by atoms with Gasteiger partial charge in [0.15, 0.2) is 6.61 Å². The van der Waals surface area contributed by atoms with E-state index in [1.165, 1.54) is 4.90 Å². The monoisotopic (exact) mass is 293 g/mol. The highest BCUT2D eigenvalue weighted by molar-refractivity contribution is 5.78. The quantitative estimate of drug-likeness (QED) is 0.837. The second kappa shape index (κ2) is 7.67. The SMILES string of the molecule is CCN(CC(C)C(=O)O)C(=O)COc1ccc(C)cc1C. The molecule has 0 heterocycles. The summed E-state index contributed by atoms with van der Waals surface area (Å²) in [5.41, 5.74) is 2.11. The van der Waals surface area contributed by atoms with Crippen LogP contribution in [0, 0.1) is 19.8 Å². The van der Waals surface area contributed by atoms with Crippen LogP contribution in [0.3, 0.4) is 0 Å². The molecule has 1 rings (SSSR count). The summed E-state index contributed by atoms with van der Waals surface area (Å²) in [4.78, 5) is 24.5. The Morgan fingerprint density at radius 2 is 2.00 bits per heavy atom. The number of carbonyl (C=O) groups excluding carboxylic acids is 1. The number of aryl methyl sites for hydroxylation is 2. The Bertz CT molecular complexity index is 513. The lowest BCUT2D eigenvalue weighted by atomic mass is 10.1. The Kier molecular flexibility index (Phi) is 6.21. The molecule has 1 N–H and O–H groups in total. The molecule has 5 nitrogen and oxygen atoms in total. The van der Waals surface area contributed by atoms with Gasteiger partial charge in [0.2, 0.25) is 0 Å². The zero-order valence-corrected chi connectivity index (χ0v) is 13.0. The minimum absolute atomic E-state index is 0.0793. The molecule has 1 atom stereocenters. The summed E-state index contributed by atoms with van der Waals surface area (Å²) >= 11 is 0. The number of aliphatic carboxylic acids is 1. The van der Waals surface area contributed by atoms with Gasteiger partial charge in [-0.2, -0.15) is 0 Å². The number of carboxylic acids is 1. The second-order valence-electron chi connectivity index (χ2n) is 5.23. The van der Waals surface area contributed by atoms with Crippen molar-refractivity contribution in [3.8, 4) is 5.75 Å². The summed E-state index contributed by atoms with van der Waals surface area (Å²) in [6.07, 6.45) is 0. The third kappa shape index (κ3) is 5.10. The van der Waals surface area contributed by atoms with Crippen LogP contribution in [0.5, 0.6) is 5.75 Å². The Balaban J connectivity index is 2.60. The molecule has 0 aliphatic rings. The number of rotatable bonds is 7. The number of amides is 1. The fourth-order valence-electron chi connectivity index (χ4n) is 2.01. The highest BCUT2D eigenvalue weighted by Crippen LogP contribution is 2.18. The molecule has 21 heavy (non-hydrogen) atoms. The van der Waals surface area contributed by atoms with Gasteiger partial charge < -0.3 is 14.7 Å². The Morgan fingerprint density at radius 1 is 1.33 bits per heavy atom. The van der Waals surface area contributed by atoms with Crippen molar-refractivity contribution in [2.24, 2.45) is 5.92 Å². The van der Waals surface area contributed by atoms with Crippen molar-refractivity contribution < 1.29 is 19.4 Å². The van der Waals surface area contributed by atoms with Gasteiger partial charge in [0.25, 0.3) is 5.91 Å². The van der Waals surface area contributed by atoms with Crippen molar-refractivity contribution in [2.75, 3.05) is 19.7 Å². The van der Waals surface area contributed by atoms with Gasteiger partial charge in [-0.15, -0.1) is 0 Å². The lowest BCUT2D eigenvalue weighted by molar-refractivity contribution is -0.143. The second-order valence-corrected chi connectivity index (χ2v) is 5.23. The van der Waals surface area contributed by atoms with Crippen LogP contribution in [0.25, 0.3) is 0 Å². The molecule has 1 aromatic carbocycles. The van der Waals surface area contributed by atoms with E-state index < -0.39 is 11.9 Å². The molecule has 0 spiro atoms. The molecule has 0 aromatic heterocycles. The fourth-order valence-corrected chi connectivity index (χ4v) is 2.01. The van der Waals surface area contributed by atoms with Crippen molar-refractivity contribution in [2.45, 2.75) is 27.7 Å². The van der Waals surface area contributed by atoms with Gasteiger partial charge in [-0.05, 0) is 32.4 Å². The van der Waals surface area contributed by atoms with E-state index in [4.69, 9.17) is 9.84 Å². The summed E-state index contributed by atoms with van der Waals surface area (Å²) in [5.74, 6) is -1.02. The van der Waals surface area contributed by atoms with Gasteiger partial charge in [0, 0.05) is 13.1 Å². The summed E-state index contributed by atoms with van der Waals surface area (Å²) < 4.78 is 5.54. The third-order valence-corrected chi connectivity index (χ3v) is 3.33. The van der Waals surface area contributed by atoms with Crippen molar-refractivity contribution in [3.63, 3.8) is 0 Å². The fraction of sp³-hybridized carbons (Fsp3) is 0.500.